The van der Waals surface area contributed by atoms with Gasteiger partial charge in [-0.2, -0.15) is 5.10 Å². The predicted octanol–water partition coefficient (Wildman–Crippen LogP) is 2.70. The van der Waals surface area contributed by atoms with E-state index in [9.17, 15) is 0 Å². The molecule has 0 amide bonds. The summed E-state index contributed by atoms with van der Waals surface area (Å²) in [5.41, 5.74) is 0. The largest absolute Gasteiger partial charge is 0.230 e. The molecule has 0 aliphatic rings. The van der Waals surface area contributed by atoms with Crippen LogP contribution in [0.4, 0.5) is 0 Å². The van der Waals surface area contributed by atoms with Gasteiger partial charge in [-0.05, 0) is 33.4 Å². The summed E-state index contributed by atoms with van der Waals surface area (Å²) in [6.07, 6.45) is 3.70. The molecule has 0 aliphatic heterocycles. The van der Waals surface area contributed by atoms with Gasteiger partial charge in [0.1, 0.15) is 5.00 Å². The molecular formula is C7H5BrN2S. The van der Waals surface area contributed by atoms with Gasteiger partial charge in [-0.3, -0.25) is 0 Å². The Bertz CT molecular complexity index is 339. The fourth-order valence-electron chi connectivity index (χ4n) is 0.838. The number of halogens is 1. The number of thiophene rings is 1. The van der Waals surface area contributed by atoms with E-state index in [0.717, 1.165) is 9.47 Å². The summed E-state index contributed by atoms with van der Waals surface area (Å²) >= 11 is 5.10. The van der Waals surface area contributed by atoms with E-state index >= 15 is 0 Å². The van der Waals surface area contributed by atoms with Crippen molar-refractivity contribution in [2.75, 3.05) is 0 Å². The third kappa shape index (κ3) is 1.23. The molecule has 0 N–H and O–H groups in total. The molecule has 0 saturated carbocycles. The van der Waals surface area contributed by atoms with E-state index in [-0.39, 0.29) is 0 Å². The molecule has 0 atom stereocenters. The number of hydrogen-bond donors (Lipinski definition) is 0. The Labute approximate surface area is 76.6 Å². The first-order valence-corrected chi connectivity index (χ1v) is 4.78. The van der Waals surface area contributed by atoms with Crippen LogP contribution in [0, 0.1) is 0 Å². The van der Waals surface area contributed by atoms with Crippen molar-refractivity contribution in [1.82, 2.24) is 9.78 Å². The third-order valence-corrected chi connectivity index (χ3v) is 3.12. The lowest BCUT2D eigenvalue weighted by atomic mass is 10.6. The van der Waals surface area contributed by atoms with Gasteiger partial charge in [0.2, 0.25) is 0 Å². The van der Waals surface area contributed by atoms with Crippen LogP contribution in [0.2, 0.25) is 0 Å². The number of hydrogen-bond acceptors (Lipinski definition) is 2. The second-order valence-electron chi connectivity index (χ2n) is 2.02. The van der Waals surface area contributed by atoms with E-state index in [1.807, 2.05) is 28.4 Å². The molecule has 0 fully saturated rings. The topological polar surface area (TPSA) is 17.8 Å². The van der Waals surface area contributed by atoms with Crippen LogP contribution in [0.25, 0.3) is 5.00 Å². The fourth-order valence-corrected chi connectivity index (χ4v) is 2.34. The molecule has 0 unspecified atom stereocenters. The lowest BCUT2D eigenvalue weighted by Crippen LogP contribution is -1.89. The maximum atomic E-state index is 4.12. The van der Waals surface area contributed by atoms with Crippen LogP contribution in [0.1, 0.15) is 0 Å². The summed E-state index contributed by atoms with van der Waals surface area (Å²) < 4.78 is 2.93. The first-order chi connectivity index (χ1) is 5.38. The van der Waals surface area contributed by atoms with E-state index < -0.39 is 0 Å². The van der Waals surface area contributed by atoms with Gasteiger partial charge in [0, 0.05) is 12.4 Å². The van der Waals surface area contributed by atoms with Gasteiger partial charge in [-0.1, -0.05) is 0 Å². The fraction of sp³-hybridized carbons (Fsp3) is 0. The van der Waals surface area contributed by atoms with E-state index in [2.05, 4.69) is 21.0 Å². The minimum atomic E-state index is 1.09. The van der Waals surface area contributed by atoms with Gasteiger partial charge < -0.3 is 0 Å². The van der Waals surface area contributed by atoms with Crippen molar-refractivity contribution in [2.24, 2.45) is 0 Å². The normalized spacial score (nSPS) is 10.3. The summed E-state index contributed by atoms with van der Waals surface area (Å²) in [5, 5.41) is 7.27. The van der Waals surface area contributed by atoms with Crippen LogP contribution in [-0.2, 0) is 0 Å². The van der Waals surface area contributed by atoms with Crippen LogP contribution in [0.15, 0.2) is 34.4 Å². The van der Waals surface area contributed by atoms with Gasteiger partial charge in [-0.15, -0.1) is 11.3 Å². The number of rotatable bonds is 1. The first-order valence-electron chi connectivity index (χ1n) is 3.11. The molecule has 2 rings (SSSR count). The van der Waals surface area contributed by atoms with Gasteiger partial charge in [0.15, 0.2) is 0 Å². The standard InChI is InChI=1S/C7H5BrN2S/c8-6-2-5-11-7(6)10-4-1-3-9-10/h1-5H. The predicted molar refractivity (Wildman–Crippen MR) is 49.1 cm³/mol. The smallest absolute Gasteiger partial charge is 0.131 e. The first kappa shape index (κ1) is 7.06. The lowest BCUT2D eigenvalue weighted by molar-refractivity contribution is 0.894. The van der Waals surface area contributed by atoms with Gasteiger partial charge in [0.05, 0.1) is 4.47 Å². The quantitative estimate of drug-likeness (QED) is 0.735. The van der Waals surface area contributed by atoms with Crippen LogP contribution >= 0.6 is 27.3 Å². The van der Waals surface area contributed by atoms with Crippen LogP contribution in [-0.4, -0.2) is 9.78 Å². The van der Waals surface area contributed by atoms with Crippen molar-refractivity contribution in [2.45, 2.75) is 0 Å². The molecule has 0 aromatic carbocycles. The van der Waals surface area contributed by atoms with Crippen molar-refractivity contribution >= 4 is 27.3 Å². The van der Waals surface area contributed by atoms with Gasteiger partial charge in [0.25, 0.3) is 0 Å². The second-order valence-corrected chi connectivity index (χ2v) is 3.77. The summed E-state index contributed by atoms with van der Waals surface area (Å²) in [5.74, 6) is 0. The summed E-state index contributed by atoms with van der Waals surface area (Å²) in [7, 11) is 0. The highest BCUT2D eigenvalue weighted by Gasteiger charge is 2.01. The molecule has 2 heterocycles. The van der Waals surface area contributed by atoms with Crippen LogP contribution < -0.4 is 0 Å². The van der Waals surface area contributed by atoms with Crippen molar-refractivity contribution < 1.29 is 0 Å². The number of nitrogens with zero attached hydrogens (tertiary/aromatic N) is 2. The summed E-state index contributed by atoms with van der Waals surface area (Å²) in [6.45, 7) is 0. The molecule has 0 saturated heterocycles. The Kier molecular flexibility index (Phi) is 1.79. The van der Waals surface area contributed by atoms with Crippen molar-refractivity contribution in [1.29, 1.82) is 0 Å². The Morgan fingerprint density at radius 3 is 3.00 bits per heavy atom. The van der Waals surface area contributed by atoms with E-state index in [4.69, 9.17) is 0 Å². The van der Waals surface area contributed by atoms with Crippen molar-refractivity contribution in [3.8, 4) is 5.00 Å². The highest BCUT2D eigenvalue weighted by Crippen LogP contribution is 2.25. The molecule has 56 valence electrons. The molecule has 0 radical (unpaired) electrons. The average molecular weight is 229 g/mol. The van der Waals surface area contributed by atoms with Gasteiger partial charge in [-0.25, -0.2) is 4.68 Å². The Hall–Kier alpha value is -0.610. The third-order valence-electron chi connectivity index (χ3n) is 1.31. The Balaban J connectivity index is 2.53. The highest BCUT2D eigenvalue weighted by atomic mass is 79.9. The minimum absolute atomic E-state index is 1.09. The monoisotopic (exact) mass is 228 g/mol. The van der Waals surface area contributed by atoms with Crippen LogP contribution in [0.5, 0.6) is 0 Å². The Morgan fingerprint density at radius 2 is 2.45 bits per heavy atom. The van der Waals surface area contributed by atoms with Crippen molar-refractivity contribution in [3.63, 3.8) is 0 Å². The van der Waals surface area contributed by atoms with E-state index in [1.165, 1.54) is 0 Å². The summed E-state index contributed by atoms with van der Waals surface area (Å²) in [4.78, 5) is 0. The zero-order chi connectivity index (χ0) is 7.68. The van der Waals surface area contributed by atoms with Crippen molar-refractivity contribution in [3.05, 3.63) is 34.4 Å². The van der Waals surface area contributed by atoms with Gasteiger partial charge >= 0.3 is 0 Å². The highest BCUT2D eigenvalue weighted by molar-refractivity contribution is 9.10. The number of aromatic nitrogens is 2. The minimum Gasteiger partial charge on any atom is -0.230 e. The zero-order valence-corrected chi connectivity index (χ0v) is 7.97. The molecule has 0 bridgehead atoms. The molecule has 0 aliphatic carbocycles. The lowest BCUT2D eigenvalue weighted by Gasteiger charge is -1.95. The maximum Gasteiger partial charge on any atom is 0.131 e. The molecule has 11 heavy (non-hydrogen) atoms. The maximum absolute atomic E-state index is 4.12. The molecule has 2 nitrogen and oxygen atoms in total. The SMILES string of the molecule is Brc1ccsc1-n1cccn1. The molecule has 0 spiro atoms. The van der Waals surface area contributed by atoms with E-state index in [0.29, 0.717) is 0 Å². The molecule has 4 heteroatoms. The molecule has 2 aromatic heterocycles. The second kappa shape index (κ2) is 2.79. The Morgan fingerprint density at radius 1 is 1.55 bits per heavy atom. The zero-order valence-electron chi connectivity index (χ0n) is 5.57. The molecular weight excluding hydrogens is 224 g/mol. The molecule has 2 aromatic rings. The van der Waals surface area contributed by atoms with Crippen LogP contribution in [0.3, 0.4) is 0 Å². The average Bonchev–Trinajstić information content (AvgIpc) is 2.55. The van der Waals surface area contributed by atoms with E-state index in [1.54, 1.807) is 17.5 Å². The summed E-state index contributed by atoms with van der Waals surface area (Å²) in [6, 6.07) is 3.92.